The minimum Gasteiger partial charge on any atom is -0.466 e. The molecule has 1 aromatic heterocycles. The summed E-state index contributed by atoms with van der Waals surface area (Å²) in [4.78, 5) is 28.3. The maximum Gasteiger partial charge on any atom is 0.310 e. The number of amides is 1. The van der Waals surface area contributed by atoms with E-state index in [-0.39, 0.29) is 23.8 Å². The number of hydrogen-bond acceptors (Lipinski definition) is 6. The van der Waals surface area contributed by atoms with Crippen LogP contribution in [0.15, 0.2) is 0 Å². The van der Waals surface area contributed by atoms with Gasteiger partial charge in [-0.1, -0.05) is 6.42 Å². The predicted molar refractivity (Wildman–Crippen MR) is 109 cm³/mol. The lowest BCUT2D eigenvalue weighted by Gasteiger charge is -2.34. The number of esters is 1. The Morgan fingerprint density at radius 1 is 1.32 bits per heavy atom. The van der Waals surface area contributed by atoms with E-state index in [9.17, 15) is 14.9 Å². The van der Waals surface area contributed by atoms with E-state index in [1.807, 2.05) is 18.7 Å². The van der Waals surface area contributed by atoms with E-state index >= 15 is 0 Å². The summed E-state index contributed by atoms with van der Waals surface area (Å²) >= 11 is 1.56. The van der Waals surface area contributed by atoms with Gasteiger partial charge in [0.15, 0.2) is 0 Å². The molecule has 1 saturated heterocycles. The van der Waals surface area contributed by atoms with Crippen molar-refractivity contribution in [3.63, 3.8) is 0 Å². The molecular weight excluding hydrogens is 374 g/mol. The van der Waals surface area contributed by atoms with E-state index in [1.165, 1.54) is 11.3 Å². The SMILES string of the molecule is CCOC(=O)C1CCCN(C(C)C(=O)Nc2sc3c(c2C#N)CCCCC3)C1. The van der Waals surface area contributed by atoms with Gasteiger partial charge in [-0.3, -0.25) is 14.5 Å². The Hall–Kier alpha value is -1.91. The zero-order valence-corrected chi connectivity index (χ0v) is 17.6. The zero-order chi connectivity index (χ0) is 20.1. The molecule has 0 saturated carbocycles. The number of nitriles is 1. The molecule has 152 valence electrons. The maximum atomic E-state index is 12.9. The number of thiophene rings is 1. The number of carbonyl (C=O) groups is 2. The van der Waals surface area contributed by atoms with Crippen LogP contribution < -0.4 is 5.32 Å². The molecule has 1 aliphatic heterocycles. The van der Waals surface area contributed by atoms with Crippen molar-refractivity contribution in [1.29, 1.82) is 5.26 Å². The van der Waals surface area contributed by atoms with Crippen molar-refractivity contribution in [1.82, 2.24) is 4.90 Å². The van der Waals surface area contributed by atoms with Crippen LogP contribution in [-0.4, -0.2) is 42.5 Å². The third-order valence-corrected chi connectivity index (χ3v) is 6.98. The van der Waals surface area contributed by atoms with E-state index < -0.39 is 0 Å². The molecular formula is C21H29N3O3S. The van der Waals surface area contributed by atoms with Crippen molar-refractivity contribution in [3.05, 3.63) is 16.0 Å². The summed E-state index contributed by atoms with van der Waals surface area (Å²) in [6.45, 7) is 5.39. The van der Waals surface area contributed by atoms with Gasteiger partial charge in [0, 0.05) is 11.4 Å². The second kappa shape index (κ2) is 9.53. The molecule has 3 rings (SSSR count). The number of carbonyl (C=O) groups excluding carboxylic acids is 2. The molecule has 1 N–H and O–H groups in total. The lowest BCUT2D eigenvalue weighted by Crippen LogP contribution is -2.48. The lowest BCUT2D eigenvalue weighted by atomic mass is 9.97. The Morgan fingerprint density at radius 3 is 2.86 bits per heavy atom. The summed E-state index contributed by atoms with van der Waals surface area (Å²) in [5.74, 6) is -0.456. The maximum absolute atomic E-state index is 12.9. The monoisotopic (exact) mass is 403 g/mol. The van der Waals surface area contributed by atoms with Gasteiger partial charge in [-0.05, 0) is 64.5 Å². The lowest BCUT2D eigenvalue weighted by molar-refractivity contribution is -0.150. The fourth-order valence-corrected chi connectivity index (χ4v) is 5.38. The minimum absolute atomic E-state index is 0.114. The van der Waals surface area contributed by atoms with Crippen LogP contribution >= 0.6 is 11.3 Å². The third-order valence-electron chi connectivity index (χ3n) is 5.77. The second-order valence-electron chi connectivity index (χ2n) is 7.63. The number of ether oxygens (including phenoxy) is 1. The molecule has 0 spiro atoms. The Balaban J connectivity index is 1.68. The van der Waals surface area contributed by atoms with Crippen molar-refractivity contribution in [2.24, 2.45) is 5.92 Å². The van der Waals surface area contributed by atoms with E-state index in [0.29, 0.717) is 23.7 Å². The van der Waals surface area contributed by atoms with Gasteiger partial charge >= 0.3 is 5.97 Å². The van der Waals surface area contributed by atoms with Crippen molar-refractivity contribution in [2.75, 3.05) is 25.0 Å². The number of rotatable bonds is 5. The van der Waals surface area contributed by atoms with Crippen molar-refractivity contribution >= 4 is 28.2 Å². The first-order chi connectivity index (χ1) is 13.5. The highest BCUT2D eigenvalue weighted by Gasteiger charge is 2.32. The zero-order valence-electron chi connectivity index (χ0n) is 16.8. The number of likely N-dealkylation sites (tertiary alicyclic amines) is 1. The molecule has 2 atom stereocenters. The number of nitrogens with zero attached hydrogens (tertiary/aromatic N) is 2. The predicted octanol–water partition coefficient (Wildman–Crippen LogP) is 3.49. The molecule has 1 aliphatic carbocycles. The Kier molecular flexibility index (Phi) is 7.08. The van der Waals surface area contributed by atoms with Gasteiger partial charge in [-0.2, -0.15) is 5.26 Å². The highest BCUT2D eigenvalue weighted by Crippen LogP contribution is 2.37. The first kappa shape index (κ1) is 20.8. The number of fused-ring (bicyclic) bond motifs is 1. The van der Waals surface area contributed by atoms with Gasteiger partial charge in [0.05, 0.1) is 24.1 Å². The van der Waals surface area contributed by atoms with Gasteiger partial charge < -0.3 is 10.1 Å². The van der Waals surface area contributed by atoms with Crippen molar-refractivity contribution in [2.45, 2.75) is 64.8 Å². The van der Waals surface area contributed by atoms with Gasteiger partial charge in [0.2, 0.25) is 5.91 Å². The van der Waals surface area contributed by atoms with Crippen LogP contribution in [0.3, 0.4) is 0 Å². The first-order valence-electron chi connectivity index (χ1n) is 10.3. The van der Waals surface area contributed by atoms with Crippen LogP contribution in [0.4, 0.5) is 5.00 Å². The highest BCUT2D eigenvalue weighted by molar-refractivity contribution is 7.16. The molecule has 1 fully saturated rings. The average Bonchev–Trinajstić information content (AvgIpc) is 2.86. The van der Waals surface area contributed by atoms with E-state index in [2.05, 4.69) is 11.4 Å². The number of anilines is 1. The number of piperidine rings is 1. The third kappa shape index (κ3) is 4.56. The second-order valence-corrected chi connectivity index (χ2v) is 8.74. The number of hydrogen-bond donors (Lipinski definition) is 1. The quantitative estimate of drug-likeness (QED) is 0.601. The van der Waals surface area contributed by atoms with E-state index in [4.69, 9.17) is 4.74 Å². The van der Waals surface area contributed by atoms with Crippen LogP contribution in [0.25, 0.3) is 0 Å². The molecule has 0 bridgehead atoms. The molecule has 2 aliphatic rings. The van der Waals surface area contributed by atoms with E-state index in [0.717, 1.165) is 50.6 Å². The van der Waals surface area contributed by atoms with Crippen LogP contribution in [0.1, 0.15) is 62.0 Å². The van der Waals surface area contributed by atoms with Gasteiger partial charge in [-0.15, -0.1) is 11.3 Å². The topological polar surface area (TPSA) is 82.4 Å². The Bertz CT molecular complexity index is 768. The summed E-state index contributed by atoms with van der Waals surface area (Å²) in [5.41, 5.74) is 1.78. The minimum atomic E-state index is -0.356. The molecule has 2 unspecified atom stereocenters. The van der Waals surface area contributed by atoms with Gasteiger partial charge in [0.25, 0.3) is 0 Å². The number of nitrogens with one attached hydrogen (secondary N) is 1. The van der Waals surface area contributed by atoms with Crippen molar-refractivity contribution in [3.8, 4) is 6.07 Å². The Labute approximate surface area is 170 Å². The fourth-order valence-electron chi connectivity index (χ4n) is 4.14. The summed E-state index contributed by atoms with van der Waals surface area (Å²) in [7, 11) is 0. The van der Waals surface area contributed by atoms with Crippen LogP contribution in [0, 0.1) is 17.2 Å². The smallest absolute Gasteiger partial charge is 0.310 e. The molecule has 1 amide bonds. The first-order valence-corrected chi connectivity index (χ1v) is 11.1. The van der Waals surface area contributed by atoms with Crippen molar-refractivity contribution < 1.29 is 14.3 Å². The van der Waals surface area contributed by atoms with Gasteiger partial charge in [0.1, 0.15) is 11.1 Å². The normalized spacial score (nSPS) is 21.1. The molecule has 6 nitrogen and oxygen atoms in total. The summed E-state index contributed by atoms with van der Waals surface area (Å²) < 4.78 is 5.15. The molecule has 28 heavy (non-hydrogen) atoms. The molecule has 0 aromatic carbocycles. The summed E-state index contributed by atoms with van der Waals surface area (Å²) in [5, 5.41) is 13.3. The fraction of sp³-hybridized carbons (Fsp3) is 0.667. The number of aryl methyl sites for hydroxylation is 1. The molecule has 1 aromatic rings. The largest absolute Gasteiger partial charge is 0.466 e. The van der Waals surface area contributed by atoms with E-state index in [1.54, 1.807) is 11.3 Å². The summed E-state index contributed by atoms with van der Waals surface area (Å²) in [6.07, 6.45) is 7.04. The van der Waals surface area contributed by atoms with Crippen LogP contribution in [0.5, 0.6) is 0 Å². The highest BCUT2D eigenvalue weighted by atomic mass is 32.1. The van der Waals surface area contributed by atoms with Crippen LogP contribution in [-0.2, 0) is 27.2 Å². The van der Waals surface area contributed by atoms with Crippen LogP contribution in [0.2, 0.25) is 0 Å². The standard InChI is InChI=1S/C21H29N3O3S/c1-3-27-21(26)15-8-7-11-24(13-15)14(2)19(25)23-20-17(12-22)16-9-5-4-6-10-18(16)28-20/h14-15H,3-11,13H2,1-2H3,(H,23,25). The summed E-state index contributed by atoms with van der Waals surface area (Å²) in [6, 6.07) is 1.96. The molecule has 7 heteroatoms. The Morgan fingerprint density at radius 2 is 2.11 bits per heavy atom. The average molecular weight is 404 g/mol. The van der Waals surface area contributed by atoms with Gasteiger partial charge in [-0.25, -0.2) is 0 Å². The molecule has 2 heterocycles. The molecule has 0 radical (unpaired) electrons.